The molecule has 0 aromatic heterocycles. The predicted octanol–water partition coefficient (Wildman–Crippen LogP) is 1.32. The molecule has 5 heteroatoms. The largest absolute Gasteiger partial charge is 0.341 e. The molecule has 5 nitrogen and oxygen atoms in total. The van der Waals surface area contributed by atoms with Crippen LogP contribution in [0.15, 0.2) is 0 Å². The zero-order valence-electron chi connectivity index (χ0n) is 12.1. The Morgan fingerprint density at radius 3 is 2.55 bits per heavy atom. The second kappa shape index (κ2) is 4.86. The summed E-state index contributed by atoms with van der Waals surface area (Å²) in [7, 11) is 0. The van der Waals surface area contributed by atoms with Crippen molar-refractivity contribution in [1.82, 2.24) is 9.80 Å². The molecule has 3 amide bonds. The second-order valence-corrected chi connectivity index (χ2v) is 6.49. The van der Waals surface area contributed by atoms with Crippen LogP contribution in [-0.2, 0) is 14.4 Å². The fourth-order valence-corrected chi connectivity index (χ4v) is 4.08. The molecular weight excluding hydrogens is 256 g/mol. The molecule has 0 aromatic carbocycles. The lowest BCUT2D eigenvalue weighted by molar-refractivity contribution is -0.147. The number of amides is 3. The van der Waals surface area contributed by atoms with E-state index in [9.17, 15) is 14.4 Å². The van der Waals surface area contributed by atoms with Gasteiger partial charge in [0.05, 0.1) is 11.5 Å². The molecule has 1 aliphatic carbocycles. The van der Waals surface area contributed by atoms with E-state index in [-0.39, 0.29) is 23.8 Å². The maximum absolute atomic E-state index is 12.7. The van der Waals surface area contributed by atoms with Crippen LogP contribution in [0.25, 0.3) is 0 Å². The van der Waals surface area contributed by atoms with E-state index in [1.807, 2.05) is 0 Å². The van der Waals surface area contributed by atoms with Crippen LogP contribution in [0.2, 0.25) is 0 Å². The van der Waals surface area contributed by atoms with Crippen molar-refractivity contribution in [3.8, 4) is 0 Å². The summed E-state index contributed by atoms with van der Waals surface area (Å²) in [5, 5.41) is 0. The molecule has 0 N–H and O–H groups in total. The van der Waals surface area contributed by atoms with Crippen LogP contribution < -0.4 is 0 Å². The highest BCUT2D eigenvalue weighted by Crippen LogP contribution is 2.47. The van der Waals surface area contributed by atoms with Gasteiger partial charge in [0, 0.05) is 26.4 Å². The van der Waals surface area contributed by atoms with Crippen molar-refractivity contribution in [2.75, 3.05) is 13.1 Å². The third-order valence-electron chi connectivity index (χ3n) is 5.20. The Balaban J connectivity index is 1.78. The first-order valence-corrected chi connectivity index (χ1v) is 7.65. The minimum atomic E-state index is -0.393. The minimum Gasteiger partial charge on any atom is -0.341 e. The van der Waals surface area contributed by atoms with E-state index in [0.717, 1.165) is 45.1 Å². The van der Waals surface area contributed by atoms with Gasteiger partial charge in [-0.25, -0.2) is 0 Å². The van der Waals surface area contributed by atoms with E-state index in [4.69, 9.17) is 0 Å². The van der Waals surface area contributed by atoms with E-state index in [1.54, 1.807) is 11.8 Å². The average molecular weight is 278 g/mol. The molecule has 1 saturated carbocycles. The highest BCUT2D eigenvalue weighted by atomic mass is 16.2. The number of hydrogen-bond acceptors (Lipinski definition) is 3. The molecule has 2 heterocycles. The van der Waals surface area contributed by atoms with Crippen molar-refractivity contribution < 1.29 is 14.4 Å². The van der Waals surface area contributed by atoms with Gasteiger partial charge in [-0.15, -0.1) is 0 Å². The number of piperidine rings is 1. The third kappa shape index (κ3) is 2.03. The lowest BCUT2D eigenvalue weighted by Gasteiger charge is -2.36. The van der Waals surface area contributed by atoms with Gasteiger partial charge in [-0.3, -0.25) is 19.3 Å². The average Bonchev–Trinajstić information content (AvgIpc) is 2.97. The van der Waals surface area contributed by atoms with E-state index in [1.165, 1.54) is 4.90 Å². The fourth-order valence-electron chi connectivity index (χ4n) is 4.08. The molecule has 2 aliphatic heterocycles. The number of rotatable bonds is 1. The first kappa shape index (κ1) is 13.6. The summed E-state index contributed by atoms with van der Waals surface area (Å²) >= 11 is 0. The molecule has 1 unspecified atom stereocenters. The normalized spacial score (nSPS) is 29.6. The Hall–Kier alpha value is -1.39. The van der Waals surface area contributed by atoms with Crippen LogP contribution in [0.4, 0.5) is 0 Å². The Morgan fingerprint density at radius 1 is 1.20 bits per heavy atom. The highest BCUT2D eigenvalue weighted by Gasteiger charge is 2.54. The lowest BCUT2D eigenvalue weighted by Crippen LogP contribution is -2.52. The maximum atomic E-state index is 12.7. The Kier molecular flexibility index (Phi) is 3.30. The Bertz CT molecular complexity index is 454. The first-order chi connectivity index (χ1) is 9.53. The summed E-state index contributed by atoms with van der Waals surface area (Å²) in [5.41, 5.74) is -0.393. The molecule has 0 aromatic rings. The lowest BCUT2D eigenvalue weighted by atomic mass is 9.84. The smallest absolute Gasteiger partial charge is 0.236 e. The van der Waals surface area contributed by atoms with Gasteiger partial charge in [-0.1, -0.05) is 12.8 Å². The highest BCUT2D eigenvalue weighted by molar-refractivity contribution is 6.06. The van der Waals surface area contributed by atoms with Crippen LogP contribution in [-0.4, -0.2) is 46.7 Å². The summed E-state index contributed by atoms with van der Waals surface area (Å²) in [6.07, 6.45) is 5.91. The van der Waals surface area contributed by atoms with Crippen molar-refractivity contribution in [2.45, 2.75) is 57.9 Å². The zero-order valence-corrected chi connectivity index (χ0v) is 12.1. The van der Waals surface area contributed by atoms with E-state index >= 15 is 0 Å². The molecule has 2 saturated heterocycles. The predicted molar refractivity (Wildman–Crippen MR) is 72.6 cm³/mol. The summed E-state index contributed by atoms with van der Waals surface area (Å²) in [4.78, 5) is 39.8. The molecule has 0 bridgehead atoms. The molecule has 1 atom stereocenters. The molecule has 110 valence electrons. The molecular formula is C15H22N2O3. The van der Waals surface area contributed by atoms with Crippen molar-refractivity contribution in [3.05, 3.63) is 0 Å². The standard InChI is InChI=1S/C15H22N2O3/c1-11(18)16-8-4-5-12(10-16)17-13(19)9-15(14(17)20)6-2-3-7-15/h12H,2-10H2,1H3. The van der Waals surface area contributed by atoms with Gasteiger partial charge in [0.2, 0.25) is 17.7 Å². The fraction of sp³-hybridized carbons (Fsp3) is 0.800. The number of nitrogens with zero attached hydrogens (tertiary/aromatic N) is 2. The second-order valence-electron chi connectivity index (χ2n) is 6.49. The monoisotopic (exact) mass is 278 g/mol. The third-order valence-corrected chi connectivity index (χ3v) is 5.20. The topological polar surface area (TPSA) is 57.7 Å². The van der Waals surface area contributed by atoms with Crippen LogP contribution in [0.1, 0.15) is 51.9 Å². The van der Waals surface area contributed by atoms with Crippen LogP contribution in [0, 0.1) is 5.41 Å². The van der Waals surface area contributed by atoms with Crippen molar-refractivity contribution >= 4 is 17.7 Å². The van der Waals surface area contributed by atoms with Gasteiger partial charge in [0.25, 0.3) is 0 Å². The van der Waals surface area contributed by atoms with Gasteiger partial charge >= 0.3 is 0 Å². The van der Waals surface area contributed by atoms with Crippen LogP contribution in [0.5, 0.6) is 0 Å². The molecule has 0 radical (unpaired) electrons. The van der Waals surface area contributed by atoms with E-state index < -0.39 is 5.41 Å². The number of carbonyl (C=O) groups is 3. The Morgan fingerprint density at radius 2 is 1.90 bits per heavy atom. The van der Waals surface area contributed by atoms with Gasteiger partial charge in [-0.05, 0) is 25.7 Å². The molecule has 1 spiro atoms. The first-order valence-electron chi connectivity index (χ1n) is 7.65. The van der Waals surface area contributed by atoms with Gasteiger partial charge in [0.15, 0.2) is 0 Å². The molecule has 3 rings (SSSR count). The minimum absolute atomic E-state index is 0.0210. The Labute approximate surface area is 119 Å². The number of hydrogen-bond donors (Lipinski definition) is 0. The summed E-state index contributed by atoms with van der Waals surface area (Å²) in [5.74, 6) is 0.0482. The van der Waals surface area contributed by atoms with Crippen molar-refractivity contribution in [2.24, 2.45) is 5.41 Å². The van der Waals surface area contributed by atoms with Gasteiger partial charge in [0.1, 0.15) is 0 Å². The van der Waals surface area contributed by atoms with Crippen LogP contribution >= 0.6 is 0 Å². The number of imide groups is 1. The SMILES string of the molecule is CC(=O)N1CCCC(N2C(=O)CC3(CCCC3)C2=O)C1. The van der Waals surface area contributed by atoms with Gasteiger partial charge in [-0.2, -0.15) is 0 Å². The van der Waals surface area contributed by atoms with Crippen molar-refractivity contribution in [3.63, 3.8) is 0 Å². The van der Waals surface area contributed by atoms with Crippen molar-refractivity contribution in [1.29, 1.82) is 0 Å². The zero-order chi connectivity index (χ0) is 14.3. The number of carbonyl (C=O) groups excluding carboxylic acids is 3. The quantitative estimate of drug-likeness (QED) is 0.680. The molecule has 3 fully saturated rings. The van der Waals surface area contributed by atoms with Crippen LogP contribution in [0.3, 0.4) is 0 Å². The van der Waals surface area contributed by atoms with E-state index in [2.05, 4.69) is 0 Å². The van der Waals surface area contributed by atoms with Gasteiger partial charge < -0.3 is 4.90 Å². The molecule has 3 aliphatic rings. The summed E-state index contributed by atoms with van der Waals surface area (Å²) in [6.45, 7) is 2.81. The maximum Gasteiger partial charge on any atom is 0.236 e. The molecule has 20 heavy (non-hydrogen) atoms. The van der Waals surface area contributed by atoms with E-state index in [0.29, 0.717) is 13.0 Å². The number of likely N-dealkylation sites (tertiary alicyclic amines) is 2. The summed E-state index contributed by atoms with van der Waals surface area (Å²) in [6, 6.07) is -0.104. The summed E-state index contributed by atoms with van der Waals surface area (Å²) < 4.78 is 0.